The van der Waals surface area contributed by atoms with Crippen molar-refractivity contribution < 1.29 is 14.3 Å². The van der Waals surface area contributed by atoms with Gasteiger partial charge in [0.05, 0.1) is 19.3 Å². The van der Waals surface area contributed by atoms with E-state index in [9.17, 15) is 4.79 Å². The SMILES string of the molecule is CN(CC(=O)Nc1ccnn1Cc1cccs1)Cc1ccc2c(c1)OCCO2. The molecule has 0 saturated heterocycles. The zero-order chi connectivity index (χ0) is 19.3. The summed E-state index contributed by atoms with van der Waals surface area (Å²) < 4.78 is 13.0. The summed E-state index contributed by atoms with van der Waals surface area (Å²) in [5.74, 6) is 2.16. The quantitative estimate of drug-likeness (QED) is 0.663. The van der Waals surface area contributed by atoms with Gasteiger partial charge >= 0.3 is 0 Å². The van der Waals surface area contributed by atoms with Crippen molar-refractivity contribution in [2.75, 3.05) is 32.1 Å². The molecular formula is C20H22N4O3S. The summed E-state index contributed by atoms with van der Waals surface area (Å²) >= 11 is 1.67. The van der Waals surface area contributed by atoms with Crippen LogP contribution in [0.5, 0.6) is 11.5 Å². The number of nitrogens with one attached hydrogen (secondary N) is 1. The highest BCUT2D eigenvalue weighted by molar-refractivity contribution is 7.09. The van der Waals surface area contributed by atoms with Crippen molar-refractivity contribution in [1.82, 2.24) is 14.7 Å². The number of nitrogens with zero attached hydrogens (tertiary/aromatic N) is 3. The molecule has 4 rings (SSSR count). The predicted molar refractivity (Wildman–Crippen MR) is 108 cm³/mol. The Morgan fingerprint density at radius 2 is 2.11 bits per heavy atom. The first-order valence-electron chi connectivity index (χ1n) is 9.08. The van der Waals surface area contributed by atoms with Crippen molar-refractivity contribution in [1.29, 1.82) is 0 Å². The third-order valence-corrected chi connectivity index (χ3v) is 5.20. The van der Waals surface area contributed by atoms with Crippen LogP contribution in [-0.4, -0.2) is 47.4 Å². The average molecular weight is 398 g/mol. The number of rotatable bonds is 7. The zero-order valence-corrected chi connectivity index (χ0v) is 16.4. The number of carbonyl (C=O) groups is 1. The van der Waals surface area contributed by atoms with E-state index < -0.39 is 0 Å². The van der Waals surface area contributed by atoms with Crippen molar-refractivity contribution in [2.24, 2.45) is 0 Å². The molecule has 0 radical (unpaired) electrons. The number of anilines is 1. The molecule has 0 saturated carbocycles. The fourth-order valence-corrected chi connectivity index (χ4v) is 3.78. The van der Waals surface area contributed by atoms with Gasteiger partial charge < -0.3 is 14.8 Å². The molecule has 28 heavy (non-hydrogen) atoms. The van der Waals surface area contributed by atoms with Gasteiger partial charge in [0.1, 0.15) is 19.0 Å². The van der Waals surface area contributed by atoms with E-state index in [1.807, 2.05) is 47.7 Å². The van der Waals surface area contributed by atoms with Crippen molar-refractivity contribution in [3.8, 4) is 11.5 Å². The average Bonchev–Trinajstić information content (AvgIpc) is 3.34. The van der Waals surface area contributed by atoms with E-state index in [1.54, 1.807) is 22.2 Å². The molecule has 7 nitrogen and oxygen atoms in total. The maximum absolute atomic E-state index is 12.5. The summed E-state index contributed by atoms with van der Waals surface area (Å²) in [5, 5.41) is 9.28. The van der Waals surface area contributed by atoms with Crippen LogP contribution < -0.4 is 14.8 Å². The highest BCUT2D eigenvalue weighted by Crippen LogP contribution is 2.31. The lowest BCUT2D eigenvalue weighted by molar-refractivity contribution is -0.117. The molecule has 2 aromatic heterocycles. The maximum Gasteiger partial charge on any atom is 0.239 e. The minimum absolute atomic E-state index is 0.0760. The Kier molecular flexibility index (Phi) is 5.59. The van der Waals surface area contributed by atoms with Gasteiger partial charge in [-0.25, -0.2) is 4.68 Å². The second kappa shape index (κ2) is 8.45. The van der Waals surface area contributed by atoms with Gasteiger partial charge in [0.15, 0.2) is 11.5 Å². The molecule has 0 unspecified atom stereocenters. The predicted octanol–water partition coefficient (Wildman–Crippen LogP) is 2.83. The van der Waals surface area contributed by atoms with Crippen LogP contribution in [0.4, 0.5) is 5.82 Å². The second-order valence-corrected chi connectivity index (χ2v) is 7.68. The first kappa shape index (κ1) is 18.5. The summed E-state index contributed by atoms with van der Waals surface area (Å²) in [5.41, 5.74) is 1.07. The number of hydrogen-bond donors (Lipinski definition) is 1. The zero-order valence-electron chi connectivity index (χ0n) is 15.6. The van der Waals surface area contributed by atoms with Gasteiger partial charge in [0.25, 0.3) is 0 Å². The van der Waals surface area contributed by atoms with Crippen LogP contribution in [-0.2, 0) is 17.9 Å². The van der Waals surface area contributed by atoms with Crippen LogP contribution in [0.25, 0.3) is 0 Å². The van der Waals surface area contributed by atoms with E-state index >= 15 is 0 Å². The molecule has 1 amide bonds. The highest BCUT2D eigenvalue weighted by Gasteiger charge is 2.14. The van der Waals surface area contributed by atoms with Crippen molar-refractivity contribution >= 4 is 23.1 Å². The molecule has 1 aromatic carbocycles. The largest absolute Gasteiger partial charge is 0.486 e. The van der Waals surface area contributed by atoms with Gasteiger partial charge in [-0.05, 0) is 36.2 Å². The Morgan fingerprint density at radius 3 is 2.93 bits per heavy atom. The van der Waals surface area contributed by atoms with Gasteiger partial charge in [-0.15, -0.1) is 11.3 Å². The number of aromatic nitrogens is 2. The highest BCUT2D eigenvalue weighted by atomic mass is 32.1. The Bertz CT molecular complexity index is 939. The van der Waals surface area contributed by atoms with Gasteiger partial charge in [-0.3, -0.25) is 9.69 Å². The number of fused-ring (bicyclic) bond motifs is 1. The number of benzene rings is 1. The number of likely N-dealkylation sites (N-methyl/N-ethyl adjacent to an activating group) is 1. The van der Waals surface area contributed by atoms with Crippen LogP contribution in [0, 0.1) is 0 Å². The molecule has 3 aromatic rings. The molecule has 0 bridgehead atoms. The Hall–Kier alpha value is -2.84. The molecule has 1 N–H and O–H groups in total. The molecule has 146 valence electrons. The Morgan fingerprint density at radius 1 is 1.25 bits per heavy atom. The topological polar surface area (TPSA) is 68.6 Å². The second-order valence-electron chi connectivity index (χ2n) is 6.65. The lowest BCUT2D eigenvalue weighted by Gasteiger charge is -2.21. The molecule has 0 aliphatic carbocycles. The summed E-state index contributed by atoms with van der Waals surface area (Å²) in [7, 11) is 1.92. The van der Waals surface area contributed by atoms with Crippen molar-refractivity contribution in [3.05, 3.63) is 58.4 Å². The van der Waals surface area contributed by atoms with E-state index in [2.05, 4.69) is 16.5 Å². The fourth-order valence-electron chi connectivity index (χ4n) is 3.10. The van der Waals surface area contributed by atoms with Crippen LogP contribution in [0.1, 0.15) is 10.4 Å². The van der Waals surface area contributed by atoms with Crippen molar-refractivity contribution in [3.63, 3.8) is 0 Å². The fraction of sp³-hybridized carbons (Fsp3) is 0.300. The molecule has 8 heteroatoms. The minimum Gasteiger partial charge on any atom is -0.486 e. The lowest BCUT2D eigenvalue weighted by Crippen LogP contribution is -2.30. The summed E-state index contributed by atoms with van der Waals surface area (Å²) in [6.45, 7) is 2.70. The van der Waals surface area contributed by atoms with E-state index in [-0.39, 0.29) is 12.5 Å². The van der Waals surface area contributed by atoms with Crippen LogP contribution >= 0.6 is 11.3 Å². The first-order valence-corrected chi connectivity index (χ1v) is 9.96. The number of carbonyl (C=O) groups excluding carboxylic acids is 1. The Balaban J connectivity index is 1.32. The van der Waals surface area contributed by atoms with Gasteiger partial charge in [0.2, 0.25) is 5.91 Å². The standard InChI is InChI=1S/C20H22N4O3S/c1-23(12-15-4-5-17-18(11-15)27-9-8-26-17)14-20(25)22-19-6-7-21-24(19)13-16-3-2-10-28-16/h2-7,10-11H,8-9,12-14H2,1H3,(H,22,25). The molecule has 1 aliphatic rings. The van der Waals surface area contributed by atoms with Gasteiger partial charge in [0, 0.05) is 17.5 Å². The molecule has 3 heterocycles. The normalized spacial score (nSPS) is 12.9. The van der Waals surface area contributed by atoms with E-state index in [1.165, 1.54) is 4.88 Å². The third kappa shape index (κ3) is 4.52. The van der Waals surface area contributed by atoms with Gasteiger partial charge in [-0.2, -0.15) is 5.10 Å². The number of ether oxygens (including phenoxy) is 2. The minimum atomic E-state index is -0.0760. The number of thiophene rings is 1. The van der Waals surface area contributed by atoms with E-state index in [0.29, 0.717) is 32.1 Å². The number of hydrogen-bond acceptors (Lipinski definition) is 6. The van der Waals surface area contributed by atoms with Crippen LogP contribution in [0.15, 0.2) is 48.0 Å². The van der Waals surface area contributed by atoms with E-state index in [0.717, 1.165) is 17.1 Å². The molecule has 0 spiro atoms. The third-order valence-electron chi connectivity index (χ3n) is 4.34. The summed E-state index contributed by atoms with van der Waals surface area (Å²) in [6, 6.07) is 11.8. The smallest absolute Gasteiger partial charge is 0.239 e. The maximum atomic E-state index is 12.5. The molecule has 0 fully saturated rings. The van der Waals surface area contributed by atoms with Gasteiger partial charge in [-0.1, -0.05) is 12.1 Å². The van der Waals surface area contributed by atoms with Crippen LogP contribution in [0.2, 0.25) is 0 Å². The summed E-state index contributed by atoms with van der Waals surface area (Å²) in [6.07, 6.45) is 1.70. The summed E-state index contributed by atoms with van der Waals surface area (Å²) in [4.78, 5) is 15.6. The monoisotopic (exact) mass is 398 g/mol. The molecule has 0 atom stereocenters. The first-order chi connectivity index (χ1) is 13.7. The van der Waals surface area contributed by atoms with E-state index in [4.69, 9.17) is 9.47 Å². The van der Waals surface area contributed by atoms with Crippen LogP contribution in [0.3, 0.4) is 0 Å². The lowest BCUT2D eigenvalue weighted by atomic mass is 10.2. The van der Waals surface area contributed by atoms with Crippen molar-refractivity contribution in [2.45, 2.75) is 13.1 Å². The molecular weight excluding hydrogens is 376 g/mol. The number of amides is 1. The Labute approximate surface area is 167 Å². The molecule has 1 aliphatic heterocycles.